The molecule has 168 valence electrons. The number of nitrogens with one attached hydrogen (secondary N) is 1. The zero-order valence-electron chi connectivity index (χ0n) is 20.2. The number of hydrogen-bond acceptors (Lipinski definition) is 1. The van der Waals surface area contributed by atoms with Crippen molar-refractivity contribution in [2.24, 2.45) is 10.8 Å². The molecular formula is C32H35N. The van der Waals surface area contributed by atoms with E-state index in [4.69, 9.17) is 0 Å². The third-order valence-corrected chi connectivity index (χ3v) is 7.46. The topological polar surface area (TPSA) is 12.0 Å². The van der Waals surface area contributed by atoms with Gasteiger partial charge in [0.25, 0.3) is 0 Å². The Hall–Kier alpha value is -3.32. The summed E-state index contributed by atoms with van der Waals surface area (Å²) in [4.78, 5) is 0. The Morgan fingerprint density at radius 2 is 0.970 bits per heavy atom. The number of rotatable bonds is 6. The molecule has 2 aromatic carbocycles. The van der Waals surface area contributed by atoms with Crippen LogP contribution in [-0.4, -0.2) is 0 Å². The Balaban J connectivity index is 1.47. The lowest BCUT2D eigenvalue weighted by Crippen LogP contribution is -2.19. The first-order chi connectivity index (χ1) is 15.9. The largest absolute Gasteiger partial charge is 0.356 e. The van der Waals surface area contributed by atoms with Crippen molar-refractivity contribution in [2.45, 2.75) is 39.5 Å². The molecule has 1 heteroatoms. The second-order valence-corrected chi connectivity index (χ2v) is 9.75. The van der Waals surface area contributed by atoms with Crippen LogP contribution in [0.15, 0.2) is 133 Å². The summed E-state index contributed by atoms with van der Waals surface area (Å²) < 4.78 is 0. The number of benzene rings is 2. The molecule has 4 rings (SSSR count). The van der Waals surface area contributed by atoms with Gasteiger partial charge in [-0.3, -0.25) is 0 Å². The van der Waals surface area contributed by atoms with Gasteiger partial charge >= 0.3 is 0 Å². The van der Waals surface area contributed by atoms with E-state index in [1.165, 1.54) is 11.1 Å². The third kappa shape index (κ3) is 5.20. The minimum atomic E-state index is -0.0431. The van der Waals surface area contributed by atoms with Crippen LogP contribution in [0.1, 0.15) is 50.7 Å². The van der Waals surface area contributed by atoms with E-state index in [0.29, 0.717) is 11.8 Å². The monoisotopic (exact) mass is 433 g/mol. The Morgan fingerprint density at radius 1 is 0.576 bits per heavy atom. The first-order valence-corrected chi connectivity index (χ1v) is 11.9. The van der Waals surface area contributed by atoms with Crippen LogP contribution >= 0.6 is 0 Å². The van der Waals surface area contributed by atoms with Crippen LogP contribution in [0.2, 0.25) is 0 Å². The van der Waals surface area contributed by atoms with E-state index in [1.807, 2.05) is 0 Å². The quantitative estimate of drug-likeness (QED) is 0.484. The second kappa shape index (κ2) is 9.67. The molecule has 0 radical (unpaired) electrons. The molecule has 2 aromatic rings. The van der Waals surface area contributed by atoms with Crippen molar-refractivity contribution >= 4 is 0 Å². The first-order valence-electron chi connectivity index (χ1n) is 11.9. The second-order valence-electron chi connectivity index (χ2n) is 9.75. The molecule has 0 aromatic heterocycles. The van der Waals surface area contributed by atoms with Crippen molar-refractivity contribution in [3.63, 3.8) is 0 Å². The van der Waals surface area contributed by atoms with E-state index in [0.717, 1.165) is 11.4 Å². The SMILES string of the molecule is CC(c1ccccc1)C1(C)C=CC=C(NC2=CC=CC(C)(C(C)c3ccccc3)C=C2)C=C1. The van der Waals surface area contributed by atoms with Gasteiger partial charge in [0.1, 0.15) is 0 Å². The number of hydrogen-bond donors (Lipinski definition) is 1. The first kappa shape index (κ1) is 22.9. The summed E-state index contributed by atoms with van der Waals surface area (Å²) in [6, 6.07) is 21.5. The van der Waals surface area contributed by atoms with Gasteiger partial charge in [-0.15, -0.1) is 0 Å². The summed E-state index contributed by atoms with van der Waals surface area (Å²) in [6.45, 7) is 9.22. The summed E-state index contributed by atoms with van der Waals surface area (Å²) in [6.07, 6.45) is 22.4. The highest BCUT2D eigenvalue weighted by Gasteiger charge is 2.29. The van der Waals surface area contributed by atoms with Gasteiger partial charge in [0.2, 0.25) is 0 Å². The maximum Gasteiger partial charge on any atom is 0.0381 e. The summed E-state index contributed by atoms with van der Waals surface area (Å²) in [5.41, 5.74) is 4.82. The molecule has 4 unspecified atom stereocenters. The summed E-state index contributed by atoms with van der Waals surface area (Å²) >= 11 is 0. The van der Waals surface area contributed by atoms with Crippen LogP contribution in [-0.2, 0) is 0 Å². The van der Waals surface area contributed by atoms with Crippen LogP contribution in [0.3, 0.4) is 0 Å². The number of allylic oxidation sites excluding steroid dienone is 10. The zero-order chi connectivity index (χ0) is 23.3. The maximum atomic E-state index is 3.62. The van der Waals surface area contributed by atoms with Gasteiger partial charge in [-0.25, -0.2) is 0 Å². The predicted octanol–water partition coefficient (Wildman–Crippen LogP) is 8.22. The fraction of sp³-hybridized carbons (Fsp3) is 0.250. The van der Waals surface area contributed by atoms with Crippen molar-refractivity contribution in [1.82, 2.24) is 5.32 Å². The summed E-state index contributed by atoms with van der Waals surface area (Å²) in [5.74, 6) is 0.776. The average Bonchev–Trinajstić information content (AvgIpc) is 3.16. The van der Waals surface area contributed by atoms with Crippen LogP contribution in [0.25, 0.3) is 0 Å². The van der Waals surface area contributed by atoms with Gasteiger partial charge in [-0.1, -0.05) is 125 Å². The predicted molar refractivity (Wildman–Crippen MR) is 142 cm³/mol. The Kier molecular flexibility index (Phi) is 6.70. The molecule has 0 heterocycles. The highest BCUT2D eigenvalue weighted by molar-refractivity contribution is 5.40. The van der Waals surface area contributed by atoms with Crippen molar-refractivity contribution in [2.75, 3.05) is 0 Å². The van der Waals surface area contributed by atoms with Crippen molar-refractivity contribution in [1.29, 1.82) is 0 Å². The fourth-order valence-corrected chi connectivity index (χ4v) is 4.59. The summed E-state index contributed by atoms with van der Waals surface area (Å²) in [5, 5.41) is 3.62. The zero-order valence-corrected chi connectivity index (χ0v) is 20.2. The standard InChI is InChI=1S/C32H35N/c1-25(27-13-7-5-8-14-27)31(3)21-11-17-29(19-23-31)33-30-18-12-22-32(4,24-20-30)26(2)28-15-9-6-10-16-28/h5-26,33H,1-4H3. The van der Waals surface area contributed by atoms with Gasteiger partial charge in [-0.05, 0) is 47.3 Å². The van der Waals surface area contributed by atoms with E-state index in [1.54, 1.807) is 0 Å². The molecule has 0 spiro atoms. The molecule has 0 saturated heterocycles. The molecule has 0 aliphatic heterocycles. The van der Waals surface area contributed by atoms with Crippen LogP contribution < -0.4 is 5.32 Å². The minimum absolute atomic E-state index is 0.0431. The lowest BCUT2D eigenvalue weighted by molar-refractivity contribution is 0.453. The van der Waals surface area contributed by atoms with Gasteiger partial charge in [0, 0.05) is 22.2 Å². The van der Waals surface area contributed by atoms with E-state index >= 15 is 0 Å². The molecular weight excluding hydrogens is 398 g/mol. The molecule has 4 atom stereocenters. The lowest BCUT2D eigenvalue weighted by atomic mass is 9.74. The Bertz CT molecular complexity index is 1040. The van der Waals surface area contributed by atoms with Crippen LogP contribution in [0.5, 0.6) is 0 Å². The molecule has 0 bridgehead atoms. The fourth-order valence-electron chi connectivity index (χ4n) is 4.59. The van der Waals surface area contributed by atoms with E-state index < -0.39 is 0 Å². The van der Waals surface area contributed by atoms with Gasteiger partial charge < -0.3 is 5.32 Å². The molecule has 2 aliphatic carbocycles. The Morgan fingerprint density at radius 3 is 1.36 bits per heavy atom. The smallest absolute Gasteiger partial charge is 0.0381 e. The average molecular weight is 434 g/mol. The molecule has 0 amide bonds. The van der Waals surface area contributed by atoms with Gasteiger partial charge in [0.05, 0.1) is 0 Å². The van der Waals surface area contributed by atoms with Crippen molar-refractivity contribution < 1.29 is 0 Å². The van der Waals surface area contributed by atoms with E-state index in [9.17, 15) is 0 Å². The van der Waals surface area contributed by atoms with Crippen LogP contribution in [0, 0.1) is 10.8 Å². The minimum Gasteiger partial charge on any atom is -0.356 e. The van der Waals surface area contributed by atoms with Crippen molar-refractivity contribution in [3.8, 4) is 0 Å². The third-order valence-electron chi connectivity index (χ3n) is 7.46. The molecule has 1 N–H and O–H groups in total. The molecule has 0 saturated carbocycles. The van der Waals surface area contributed by atoms with E-state index in [-0.39, 0.29) is 10.8 Å². The lowest BCUT2D eigenvalue weighted by Gasteiger charge is -2.30. The highest BCUT2D eigenvalue weighted by Crippen LogP contribution is 2.40. The molecule has 0 fully saturated rings. The van der Waals surface area contributed by atoms with Gasteiger partial charge in [0.15, 0.2) is 0 Å². The molecule has 33 heavy (non-hydrogen) atoms. The highest BCUT2D eigenvalue weighted by atomic mass is 14.9. The normalized spacial score (nSPS) is 26.1. The summed E-state index contributed by atoms with van der Waals surface area (Å²) in [7, 11) is 0. The maximum absolute atomic E-state index is 3.62. The van der Waals surface area contributed by atoms with Crippen LogP contribution in [0.4, 0.5) is 0 Å². The Labute approximate surface area is 199 Å². The van der Waals surface area contributed by atoms with E-state index in [2.05, 4.69) is 154 Å². The van der Waals surface area contributed by atoms with Crippen molar-refractivity contribution in [3.05, 3.63) is 144 Å². The molecule has 2 aliphatic rings. The van der Waals surface area contributed by atoms with Gasteiger partial charge in [-0.2, -0.15) is 0 Å². The molecule has 1 nitrogen and oxygen atoms in total.